The van der Waals surface area contributed by atoms with Crippen molar-refractivity contribution in [1.29, 1.82) is 0 Å². The van der Waals surface area contributed by atoms with Gasteiger partial charge in [-0.3, -0.25) is 9.59 Å². The lowest BCUT2D eigenvalue weighted by atomic mass is 10.1. The number of carbonyl (C=O) groups excluding carboxylic acids is 2. The van der Waals surface area contributed by atoms with Crippen LogP contribution in [0.2, 0.25) is 9.36 Å². The predicted octanol–water partition coefficient (Wildman–Crippen LogP) is 4.68. The molecular weight excluding hydrogens is 341 g/mol. The summed E-state index contributed by atoms with van der Waals surface area (Å²) in [6.07, 6.45) is 0.359. The van der Waals surface area contributed by atoms with E-state index in [1.54, 1.807) is 30.1 Å². The highest BCUT2D eigenvalue weighted by molar-refractivity contribution is 7.18. The summed E-state index contributed by atoms with van der Waals surface area (Å²) in [6, 6.07) is 10.8. The SMILES string of the molecule is CN(Cc1ccccc1Cl)C(=O)CCC(=O)c1ccc(Cl)s1. The van der Waals surface area contributed by atoms with Crippen LogP contribution in [0.15, 0.2) is 36.4 Å². The number of thiophene rings is 1. The molecule has 6 heteroatoms. The molecule has 0 N–H and O–H groups in total. The van der Waals surface area contributed by atoms with Crippen molar-refractivity contribution in [3.05, 3.63) is 56.2 Å². The molecule has 22 heavy (non-hydrogen) atoms. The van der Waals surface area contributed by atoms with E-state index in [2.05, 4.69) is 0 Å². The Hall–Kier alpha value is -1.36. The van der Waals surface area contributed by atoms with E-state index >= 15 is 0 Å². The van der Waals surface area contributed by atoms with Crippen LogP contribution >= 0.6 is 34.5 Å². The number of ketones is 1. The molecule has 0 saturated heterocycles. The molecule has 0 aliphatic carbocycles. The molecule has 0 fully saturated rings. The zero-order valence-corrected chi connectivity index (χ0v) is 14.3. The molecule has 0 radical (unpaired) electrons. The Balaban J connectivity index is 1.86. The highest BCUT2D eigenvalue weighted by Gasteiger charge is 2.15. The maximum absolute atomic E-state index is 12.1. The van der Waals surface area contributed by atoms with Crippen molar-refractivity contribution in [2.75, 3.05) is 7.05 Å². The molecule has 0 spiro atoms. The molecule has 0 atom stereocenters. The number of halogens is 2. The Morgan fingerprint density at radius 2 is 1.82 bits per heavy atom. The Kier molecular flexibility index (Phi) is 6.00. The highest BCUT2D eigenvalue weighted by Crippen LogP contribution is 2.23. The van der Waals surface area contributed by atoms with Crippen LogP contribution in [0.25, 0.3) is 0 Å². The first-order valence-electron chi connectivity index (χ1n) is 6.73. The molecule has 1 aromatic carbocycles. The quantitative estimate of drug-likeness (QED) is 0.705. The van der Waals surface area contributed by atoms with Gasteiger partial charge in [0.2, 0.25) is 5.91 Å². The van der Waals surface area contributed by atoms with Gasteiger partial charge in [-0.1, -0.05) is 41.4 Å². The molecule has 0 saturated carbocycles. The van der Waals surface area contributed by atoms with Crippen LogP contribution in [0.3, 0.4) is 0 Å². The van der Waals surface area contributed by atoms with Gasteiger partial charge in [0.25, 0.3) is 0 Å². The number of rotatable bonds is 6. The van der Waals surface area contributed by atoms with Crippen molar-refractivity contribution in [3.63, 3.8) is 0 Å². The third-order valence-corrected chi connectivity index (χ3v) is 4.85. The molecule has 2 rings (SSSR count). The second kappa shape index (κ2) is 7.77. The Bertz CT molecular complexity index is 684. The van der Waals surface area contributed by atoms with Gasteiger partial charge in [-0.2, -0.15) is 0 Å². The molecule has 1 aromatic heterocycles. The van der Waals surface area contributed by atoms with Gasteiger partial charge >= 0.3 is 0 Å². The number of hydrogen-bond acceptors (Lipinski definition) is 3. The minimum Gasteiger partial charge on any atom is -0.341 e. The summed E-state index contributed by atoms with van der Waals surface area (Å²) < 4.78 is 0.575. The summed E-state index contributed by atoms with van der Waals surface area (Å²) in [5.74, 6) is -0.146. The van der Waals surface area contributed by atoms with Crippen molar-refractivity contribution in [2.24, 2.45) is 0 Å². The van der Waals surface area contributed by atoms with E-state index in [4.69, 9.17) is 23.2 Å². The van der Waals surface area contributed by atoms with E-state index in [1.807, 2.05) is 18.2 Å². The molecular formula is C16H15Cl2NO2S. The summed E-state index contributed by atoms with van der Waals surface area (Å²) >= 11 is 13.1. The van der Waals surface area contributed by atoms with E-state index in [-0.39, 0.29) is 24.5 Å². The van der Waals surface area contributed by atoms with Gasteiger partial charge in [-0.25, -0.2) is 0 Å². The molecule has 0 unspecified atom stereocenters. The van der Waals surface area contributed by atoms with Gasteiger partial charge in [0.15, 0.2) is 5.78 Å². The van der Waals surface area contributed by atoms with Gasteiger partial charge < -0.3 is 4.90 Å². The van der Waals surface area contributed by atoms with Crippen LogP contribution in [-0.2, 0) is 11.3 Å². The number of Topliss-reactive ketones (excluding diaryl/α,β-unsaturated/α-hetero) is 1. The average Bonchev–Trinajstić information content (AvgIpc) is 2.93. The van der Waals surface area contributed by atoms with Crippen LogP contribution in [0.4, 0.5) is 0 Å². The van der Waals surface area contributed by atoms with E-state index in [0.717, 1.165) is 5.56 Å². The number of amides is 1. The van der Waals surface area contributed by atoms with Crippen molar-refractivity contribution in [2.45, 2.75) is 19.4 Å². The molecule has 0 aliphatic heterocycles. The van der Waals surface area contributed by atoms with E-state index in [1.165, 1.54) is 11.3 Å². The topological polar surface area (TPSA) is 37.4 Å². The third-order valence-electron chi connectivity index (χ3n) is 3.21. The lowest BCUT2D eigenvalue weighted by Crippen LogP contribution is -2.26. The van der Waals surface area contributed by atoms with Gasteiger partial charge in [0.05, 0.1) is 9.21 Å². The van der Waals surface area contributed by atoms with Gasteiger partial charge in [-0.05, 0) is 23.8 Å². The molecule has 116 valence electrons. The monoisotopic (exact) mass is 355 g/mol. The maximum atomic E-state index is 12.1. The molecule has 0 bridgehead atoms. The molecule has 1 amide bonds. The number of nitrogens with zero attached hydrogens (tertiary/aromatic N) is 1. The Labute approximate surface area is 143 Å². The van der Waals surface area contributed by atoms with Crippen LogP contribution in [-0.4, -0.2) is 23.6 Å². The summed E-state index contributed by atoms with van der Waals surface area (Å²) in [5.41, 5.74) is 0.886. The third kappa shape index (κ3) is 4.57. The number of benzene rings is 1. The molecule has 3 nitrogen and oxygen atoms in total. The first kappa shape index (κ1) is 17.0. The van der Waals surface area contributed by atoms with Crippen molar-refractivity contribution >= 4 is 46.2 Å². The number of hydrogen-bond donors (Lipinski definition) is 0. The summed E-state index contributed by atoms with van der Waals surface area (Å²) in [4.78, 5) is 26.2. The van der Waals surface area contributed by atoms with Crippen molar-refractivity contribution in [1.82, 2.24) is 4.90 Å². The van der Waals surface area contributed by atoms with Crippen LogP contribution in [0, 0.1) is 0 Å². The van der Waals surface area contributed by atoms with E-state index < -0.39 is 0 Å². The highest BCUT2D eigenvalue weighted by atomic mass is 35.5. The summed E-state index contributed by atoms with van der Waals surface area (Å²) in [7, 11) is 1.71. The Morgan fingerprint density at radius 3 is 2.45 bits per heavy atom. The van der Waals surface area contributed by atoms with Gasteiger partial charge in [0.1, 0.15) is 0 Å². The number of carbonyl (C=O) groups is 2. The van der Waals surface area contributed by atoms with Gasteiger partial charge in [-0.15, -0.1) is 11.3 Å². The maximum Gasteiger partial charge on any atom is 0.223 e. The smallest absolute Gasteiger partial charge is 0.223 e. The van der Waals surface area contributed by atoms with E-state index in [9.17, 15) is 9.59 Å². The van der Waals surface area contributed by atoms with Crippen LogP contribution in [0.5, 0.6) is 0 Å². The minimum atomic E-state index is -0.0871. The molecule has 1 heterocycles. The summed E-state index contributed by atoms with van der Waals surface area (Å²) in [6.45, 7) is 0.428. The second-order valence-corrected chi connectivity index (χ2v) is 6.99. The zero-order chi connectivity index (χ0) is 16.1. The average molecular weight is 356 g/mol. The Morgan fingerprint density at radius 1 is 1.09 bits per heavy atom. The second-order valence-electron chi connectivity index (χ2n) is 4.87. The fourth-order valence-corrected chi connectivity index (χ4v) is 3.17. The lowest BCUT2D eigenvalue weighted by molar-refractivity contribution is -0.130. The van der Waals surface area contributed by atoms with Crippen LogP contribution in [0.1, 0.15) is 28.1 Å². The standard InChI is InChI=1S/C16H15Cl2NO2S/c1-19(10-11-4-2-3-5-12(11)17)16(21)9-6-13(20)14-7-8-15(18)22-14/h2-5,7-8H,6,9-10H2,1H3. The largest absolute Gasteiger partial charge is 0.341 e. The molecule has 2 aromatic rings. The normalized spacial score (nSPS) is 10.5. The lowest BCUT2D eigenvalue weighted by Gasteiger charge is -2.17. The predicted molar refractivity (Wildman–Crippen MR) is 90.8 cm³/mol. The van der Waals surface area contributed by atoms with Crippen molar-refractivity contribution in [3.8, 4) is 0 Å². The van der Waals surface area contributed by atoms with Crippen LogP contribution < -0.4 is 0 Å². The fraction of sp³-hybridized carbons (Fsp3) is 0.250. The molecule has 0 aliphatic rings. The van der Waals surface area contributed by atoms with Crippen molar-refractivity contribution < 1.29 is 9.59 Å². The van der Waals surface area contributed by atoms with Gasteiger partial charge in [0, 0.05) is 31.5 Å². The minimum absolute atomic E-state index is 0.0589. The summed E-state index contributed by atoms with van der Waals surface area (Å²) in [5, 5.41) is 0.631. The fourth-order valence-electron chi connectivity index (χ4n) is 1.97. The van der Waals surface area contributed by atoms with E-state index in [0.29, 0.717) is 20.8 Å². The zero-order valence-electron chi connectivity index (χ0n) is 12.0. The first-order valence-corrected chi connectivity index (χ1v) is 8.30. The first-order chi connectivity index (χ1) is 10.5.